The summed E-state index contributed by atoms with van der Waals surface area (Å²) < 4.78 is 0. The highest BCUT2D eigenvalue weighted by Gasteiger charge is 2.08. The van der Waals surface area contributed by atoms with Gasteiger partial charge in [0.05, 0.1) is 6.42 Å². The lowest BCUT2D eigenvalue weighted by Crippen LogP contribution is -2.14. The Hall–Kier alpha value is -1.22. The maximum absolute atomic E-state index is 12.0. The normalized spacial score (nSPS) is 10.4. The molecule has 0 aliphatic carbocycles. The molecule has 104 valence electrons. The molecular formula is C15H12Cl3NO. The molecule has 20 heavy (non-hydrogen) atoms. The molecule has 0 bridgehead atoms. The lowest BCUT2D eigenvalue weighted by Gasteiger charge is -2.08. The van der Waals surface area contributed by atoms with Gasteiger partial charge in [0, 0.05) is 20.8 Å². The molecule has 0 fully saturated rings. The topological polar surface area (TPSA) is 29.1 Å². The lowest BCUT2D eigenvalue weighted by atomic mass is 10.1. The molecule has 1 amide bonds. The van der Waals surface area contributed by atoms with Crippen LogP contribution in [0.1, 0.15) is 11.1 Å². The molecule has 0 heterocycles. The van der Waals surface area contributed by atoms with Crippen LogP contribution >= 0.6 is 34.8 Å². The third-order valence-electron chi connectivity index (χ3n) is 2.82. The molecule has 2 aromatic carbocycles. The summed E-state index contributed by atoms with van der Waals surface area (Å²) in [5.74, 6) is -0.158. The maximum Gasteiger partial charge on any atom is 0.228 e. The SMILES string of the molecule is Cc1ccc(NC(=O)Cc2ccc(Cl)cc2Cl)cc1Cl. The summed E-state index contributed by atoms with van der Waals surface area (Å²) in [6.07, 6.45) is 0.182. The van der Waals surface area contributed by atoms with Crippen LogP contribution in [0.25, 0.3) is 0 Å². The van der Waals surface area contributed by atoms with Crippen LogP contribution in [0, 0.1) is 6.92 Å². The number of benzene rings is 2. The van der Waals surface area contributed by atoms with Gasteiger partial charge in [-0.25, -0.2) is 0 Å². The highest BCUT2D eigenvalue weighted by Crippen LogP contribution is 2.23. The summed E-state index contributed by atoms with van der Waals surface area (Å²) in [5, 5.41) is 4.43. The summed E-state index contributed by atoms with van der Waals surface area (Å²) in [6, 6.07) is 10.5. The molecule has 0 unspecified atom stereocenters. The van der Waals surface area contributed by atoms with E-state index in [2.05, 4.69) is 5.32 Å². The van der Waals surface area contributed by atoms with Crippen LogP contribution in [0.3, 0.4) is 0 Å². The smallest absolute Gasteiger partial charge is 0.228 e. The number of amides is 1. The van der Waals surface area contributed by atoms with E-state index >= 15 is 0 Å². The fourth-order valence-electron chi connectivity index (χ4n) is 1.71. The number of aryl methyl sites for hydroxylation is 1. The highest BCUT2D eigenvalue weighted by atomic mass is 35.5. The summed E-state index contributed by atoms with van der Waals surface area (Å²) in [7, 11) is 0. The number of hydrogen-bond acceptors (Lipinski definition) is 1. The number of carbonyl (C=O) groups is 1. The predicted octanol–water partition coefficient (Wildman–Crippen LogP) is 5.14. The Morgan fingerprint density at radius 1 is 1.05 bits per heavy atom. The van der Waals surface area contributed by atoms with E-state index < -0.39 is 0 Å². The highest BCUT2D eigenvalue weighted by molar-refractivity contribution is 6.35. The van der Waals surface area contributed by atoms with Crippen molar-refractivity contribution in [1.82, 2.24) is 0 Å². The van der Waals surface area contributed by atoms with E-state index in [0.29, 0.717) is 20.8 Å². The molecule has 1 N–H and O–H groups in total. The van der Waals surface area contributed by atoms with Gasteiger partial charge in [0.25, 0.3) is 0 Å². The predicted molar refractivity (Wildman–Crippen MR) is 85.0 cm³/mol. The Labute approximate surface area is 132 Å². The number of nitrogens with one attached hydrogen (secondary N) is 1. The van der Waals surface area contributed by atoms with Gasteiger partial charge in [-0.3, -0.25) is 4.79 Å². The Morgan fingerprint density at radius 3 is 2.45 bits per heavy atom. The summed E-state index contributed by atoms with van der Waals surface area (Å²) >= 11 is 17.9. The molecule has 5 heteroatoms. The van der Waals surface area contributed by atoms with Gasteiger partial charge in [0.2, 0.25) is 5.91 Å². The van der Waals surface area contributed by atoms with Crippen molar-refractivity contribution in [3.8, 4) is 0 Å². The van der Waals surface area contributed by atoms with Crippen molar-refractivity contribution < 1.29 is 4.79 Å². The zero-order chi connectivity index (χ0) is 14.7. The van der Waals surface area contributed by atoms with Gasteiger partial charge in [-0.05, 0) is 42.3 Å². The fourth-order valence-corrected chi connectivity index (χ4v) is 2.37. The van der Waals surface area contributed by atoms with Crippen LogP contribution in [-0.4, -0.2) is 5.91 Å². The molecule has 0 spiro atoms. The summed E-state index contributed by atoms with van der Waals surface area (Å²) in [4.78, 5) is 12.0. The first kappa shape index (κ1) is 15.2. The molecule has 2 nitrogen and oxygen atoms in total. The van der Waals surface area contributed by atoms with E-state index in [0.717, 1.165) is 11.1 Å². The molecular weight excluding hydrogens is 317 g/mol. The Morgan fingerprint density at radius 2 is 1.80 bits per heavy atom. The van der Waals surface area contributed by atoms with Gasteiger partial charge in [0.1, 0.15) is 0 Å². The van der Waals surface area contributed by atoms with Gasteiger partial charge < -0.3 is 5.32 Å². The first-order valence-corrected chi connectivity index (χ1v) is 7.09. The van der Waals surface area contributed by atoms with Crippen LogP contribution < -0.4 is 5.32 Å². The third kappa shape index (κ3) is 3.89. The average Bonchev–Trinajstić information content (AvgIpc) is 2.37. The van der Waals surface area contributed by atoms with E-state index in [1.165, 1.54) is 0 Å². The standard InChI is InChI=1S/C15H12Cl3NO/c1-9-2-5-12(8-13(9)17)19-15(20)6-10-3-4-11(16)7-14(10)18/h2-5,7-8H,6H2,1H3,(H,19,20). The number of rotatable bonds is 3. The van der Waals surface area contributed by atoms with Crippen molar-refractivity contribution in [2.24, 2.45) is 0 Å². The molecule has 2 rings (SSSR count). The molecule has 0 saturated heterocycles. The zero-order valence-electron chi connectivity index (χ0n) is 10.7. The van der Waals surface area contributed by atoms with Gasteiger partial charge in [-0.1, -0.05) is 46.9 Å². The largest absolute Gasteiger partial charge is 0.326 e. The fraction of sp³-hybridized carbons (Fsp3) is 0.133. The molecule has 0 atom stereocenters. The van der Waals surface area contributed by atoms with Crippen LogP contribution in [0.5, 0.6) is 0 Å². The van der Waals surface area contributed by atoms with E-state index in [4.69, 9.17) is 34.8 Å². The van der Waals surface area contributed by atoms with Crippen molar-refractivity contribution in [2.75, 3.05) is 5.32 Å². The van der Waals surface area contributed by atoms with Crippen LogP contribution in [-0.2, 0) is 11.2 Å². The molecule has 2 aromatic rings. The van der Waals surface area contributed by atoms with E-state index in [9.17, 15) is 4.79 Å². The third-order valence-corrected chi connectivity index (χ3v) is 3.82. The van der Waals surface area contributed by atoms with Crippen molar-refractivity contribution in [3.63, 3.8) is 0 Å². The van der Waals surface area contributed by atoms with E-state index in [1.807, 2.05) is 19.1 Å². The molecule has 0 aliphatic rings. The Bertz CT molecular complexity index is 656. The quantitative estimate of drug-likeness (QED) is 0.830. The minimum absolute atomic E-state index is 0.158. The zero-order valence-corrected chi connectivity index (χ0v) is 13.0. The molecule has 0 radical (unpaired) electrons. The van der Waals surface area contributed by atoms with Crippen LogP contribution in [0.4, 0.5) is 5.69 Å². The molecule has 0 aromatic heterocycles. The van der Waals surface area contributed by atoms with E-state index in [-0.39, 0.29) is 12.3 Å². The van der Waals surface area contributed by atoms with Crippen molar-refractivity contribution in [1.29, 1.82) is 0 Å². The second-order valence-corrected chi connectivity index (χ2v) is 5.68. The van der Waals surface area contributed by atoms with E-state index in [1.54, 1.807) is 24.3 Å². The van der Waals surface area contributed by atoms with Crippen molar-refractivity contribution in [2.45, 2.75) is 13.3 Å². The first-order valence-electron chi connectivity index (χ1n) is 5.95. The maximum atomic E-state index is 12.0. The number of anilines is 1. The second-order valence-electron chi connectivity index (χ2n) is 4.42. The lowest BCUT2D eigenvalue weighted by molar-refractivity contribution is -0.115. The minimum Gasteiger partial charge on any atom is -0.326 e. The van der Waals surface area contributed by atoms with Crippen LogP contribution in [0.15, 0.2) is 36.4 Å². The van der Waals surface area contributed by atoms with Gasteiger partial charge in [0.15, 0.2) is 0 Å². The Kier molecular flexibility index (Phi) is 4.92. The van der Waals surface area contributed by atoms with Crippen molar-refractivity contribution >= 4 is 46.4 Å². The van der Waals surface area contributed by atoms with Gasteiger partial charge in [-0.2, -0.15) is 0 Å². The number of carbonyl (C=O) groups excluding carboxylic acids is 1. The first-order chi connectivity index (χ1) is 9.45. The average molecular weight is 329 g/mol. The number of halogens is 3. The second kappa shape index (κ2) is 6.49. The van der Waals surface area contributed by atoms with Crippen molar-refractivity contribution in [3.05, 3.63) is 62.6 Å². The van der Waals surface area contributed by atoms with Gasteiger partial charge >= 0.3 is 0 Å². The van der Waals surface area contributed by atoms with Crippen LogP contribution in [0.2, 0.25) is 15.1 Å². The minimum atomic E-state index is -0.158. The summed E-state index contributed by atoms with van der Waals surface area (Å²) in [6.45, 7) is 1.90. The number of hydrogen-bond donors (Lipinski definition) is 1. The molecule has 0 aliphatic heterocycles. The summed E-state index contributed by atoms with van der Waals surface area (Å²) in [5.41, 5.74) is 2.35. The Balaban J connectivity index is 2.07. The van der Waals surface area contributed by atoms with Gasteiger partial charge in [-0.15, -0.1) is 0 Å². The molecule has 0 saturated carbocycles. The monoisotopic (exact) mass is 327 g/mol.